The molecule has 1 aromatic heterocycles. The number of carbonyl (C=O) groups excluding carboxylic acids is 2. The number of Topliss-reactive ketones (excluding diaryl/α,β-unsaturated/α-hetero) is 1. The molecule has 1 aliphatic heterocycles. The van der Waals surface area contributed by atoms with Crippen molar-refractivity contribution in [3.63, 3.8) is 0 Å². The number of carbonyl (C=O) groups is 2. The molecule has 4 rings (SSSR count). The van der Waals surface area contributed by atoms with Gasteiger partial charge in [0, 0.05) is 40.8 Å². The average Bonchev–Trinajstić information content (AvgIpc) is 3.09. The molecule has 0 saturated heterocycles. The summed E-state index contributed by atoms with van der Waals surface area (Å²) in [6, 6.07) is 14.0. The molecule has 0 spiro atoms. The lowest BCUT2D eigenvalue weighted by molar-refractivity contribution is -0.122. The zero-order valence-electron chi connectivity index (χ0n) is 12.6. The van der Waals surface area contributed by atoms with Crippen molar-refractivity contribution in [1.82, 2.24) is 5.32 Å². The maximum absolute atomic E-state index is 12.8. The maximum atomic E-state index is 12.8. The van der Waals surface area contributed by atoms with Crippen LogP contribution in [-0.2, 0) is 9.59 Å². The second-order valence-corrected chi connectivity index (χ2v) is 7.13. The van der Waals surface area contributed by atoms with E-state index in [1.807, 2.05) is 41.8 Å². The second-order valence-electron chi connectivity index (χ2n) is 6.15. The first-order valence-electron chi connectivity index (χ1n) is 7.87. The Morgan fingerprint density at radius 2 is 1.78 bits per heavy atom. The fourth-order valence-electron chi connectivity index (χ4n) is 3.65. The second kappa shape index (κ2) is 5.78. The summed E-state index contributed by atoms with van der Waals surface area (Å²) >= 11 is 1.68. The van der Waals surface area contributed by atoms with Crippen LogP contribution in [0.15, 0.2) is 59.1 Å². The number of nitrogens with one attached hydrogen (secondary N) is 1. The Hall–Kier alpha value is -2.20. The zero-order chi connectivity index (χ0) is 15.8. The number of hydrogen-bond donors (Lipinski definition) is 1. The molecule has 1 aromatic carbocycles. The fourth-order valence-corrected chi connectivity index (χ4v) is 4.49. The van der Waals surface area contributed by atoms with Gasteiger partial charge in [0.2, 0.25) is 5.91 Å². The summed E-state index contributed by atoms with van der Waals surface area (Å²) in [4.78, 5) is 26.2. The van der Waals surface area contributed by atoms with Crippen molar-refractivity contribution in [3.8, 4) is 0 Å². The van der Waals surface area contributed by atoms with E-state index in [4.69, 9.17) is 0 Å². The van der Waals surface area contributed by atoms with Crippen LogP contribution >= 0.6 is 11.3 Å². The van der Waals surface area contributed by atoms with Crippen LogP contribution < -0.4 is 5.32 Å². The van der Waals surface area contributed by atoms with Crippen LogP contribution in [0.4, 0.5) is 0 Å². The molecule has 23 heavy (non-hydrogen) atoms. The minimum Gasteiger partial charge on any atom is -0.329 e. The maximum Gasteiger partial charge on any atom is 0.225 e. The third-order valence-electron chi connectivity index (χ3n) is 4.68. The van der Waals surface area contributed by atoms with Crippen LogP contribution in [0.1, 0.15) is 41.5 Å². The lowest BCUT2D eigenvalue weighted by Gasteiger charge is -2.34. The number of allylic oxidation sites excluding steroid dienone is 2. The largest absolute Gasteiger partial charge is 0.329 e. The number of thiophene rings is 1. The molecule has 0 fully saturated rings. The van der Waals surface area contributed by atoms with Crippen LogP contribution in [-0.4, -0.2) is 11.7 Å². The number of ketones is 1. The molecule has 1 aliphatic carbocycles. The average molecular weight is 323 g/mol. The Kier molecular flexibility index (Phi) is 3.62. The zero-order valence-corrected chi connectivity index (χ0v) is 13.4. The van der Waals surface area contributed by atoms with Gasteiger partial charge in [-0.1, -0.05) is 36.4 Å². The third-order valence-corrected chi connectivity index (χ3v) is 5.72. The predicted octanol–water partition coefficient (Wildman–Crippen LogP) is 3.75. The Labute approximate surface area is 139 Å². The van der Waals surface area contributed by atoms with Gasteiger partial charge in [0.15, 0.2) is 5.78 Å². The number of hydrogen-bond acceptors (Lipinski definition) is 3. The van der Waals surface area contributed by atoms with Gasteiger partial charge in [-0.15, -0.1) is 11.3 Å². The van der Waals surface area contributed by atoms with Gasteiger partial charge in [0.05, 0.1) is 0 Å². The molecule has 1 N–H and O–H groups in total. The fraction of sp³-hybridized carbons (Fsp3) is 0.263. The number of benzene rings is 1. The number of rotatable bonds is 2. The van der Waals surface area contributed by atoms with Crippen molar-refractivity contribution < 1.29 is 9.59 Å². The van der Waals surface area contributed by atoms with E-state index in [9.17, 15) is 9.59 Å². The first kappa shape index (κ1) is 14.4. The van der Waals surface area contributed by atoms with Crippen LogP contribution in [0, 0.1) is 0 Å². The first-order chi connectivity index (χ1) is 11.2. The van der Waals surface area contributed by atoms with Gasteiger partial charge in [-0.05, 0) is 23.4 Å². The van der Waals surface area contributed by atoms with E-state index in [0.717, 1.165) is 23.3 Å². The van der Waals surface area contributed by atoms with Gasteiger partial charge in [-0.2, -0.15) is 0 Å². The molecular formula is C19H17NO2S. The van der Waals surface area contributed by atoms with E-state index in [2.05, 4.69) is 11.4 Å². The smallest absolute Gasteiger partial charge is 0.225 e. The van der Waals surface area contributed by atoms with Crippen LogP contribution in [0.3, 0.4) is 0 Å². The molecule has 3 nitrogen and oxygen atoms in total. The molecule has 1 amide bonds. The highest BCUT2D eigenvalue weighted by Gasteiger charge is 2.38. The highest BCUT2D eigenvalue weighted by atomic mass is 32.1. The summed E-state index contributed by atoms with van der Waals surface area (Å²) in [5.41, 5.74) is 2.71. The van der Waals surface area contributed by atoms with E-state index in [-0.39, 0.29) is 23.5 Å². The Bertz CT molecular complexity index is 777. The summed E-state index contributed by atoms with van der Waals surface area (Å²) in [5.74, 6) is 0.281. The predicted molar refractivity (Wildman–Crippen MR) is 90.3 cm³/mol. The van der Waals surface area contributed by atoms with Gasteiger partial charge in [0.25, 0.3) is 0 Å². The lowest BCUT2D eigenvalue weighted by atomic mass is 9.75. The third kappa shape index (κ3) is 2.63. The minimum absolute atomic E-state index is 0.0113. The topological polar surface area (TPSA) is 46.2 Å². The van der Waals surface area contributed by atoms with Crippen LogP contribution in [0.5, 0.6) is 0 Å². The molecule has 0 saturated carbocycles. The van der Waals surface area contributed by atoms with Crippen molar-refractivity contribution in [2.75, 3.05) is 0 Å². The highest BCUT2D eigenvalue weighted by molar-refractivity contribution is 7.10. The summed E-state index contributed by atoms with van der Waals surface area (Å²) < 4.78 is 0. The standard InChI is InChI=1S/C19H17NO2S/c21-16-10-13(17-7-4-8-23-17)9-15-19(16)14(11-18(22)20-15)12-5-2-1-3-6-12/h1-8,13-14H,9-11H2,(H,20,22)/t13-,14+/m1/s1. The van der Waals surface area contributed by atoms with Crippen molar-refractivity contribution in [2.24, 2.45) is 0 Å². The van der Waals surface area contributed by atoms with Crippen LogP contribution in [0.2, 0.25) is 0 Å². The summed E-state index contributed by atoms with van der Waals surface area (Å²) in [6.07, 6.45) is 1.65. The molecule has 2 aliphatic rings. The Morgan fingerprint density at radius 1 is 0.957 bits per heavy atom. The summed E-state index contributed by atoms with van der Waals surface area (Å²) in [6.45, 7) is 0. The van der Waals surface area contributed by atoms with Crippen LogP contribution in [0.25, 0.3) is 0 Å². The van der Waals surface area contributed by atoms with Gasteiger partial charge >= 0.3 is 0 Å². The van der Waals surface area contributed by atoms with Gasteiger partial charge in [-0.25, -0.2) is 0 Å². The lowest BCUT2D eigenvalue weighted by Crippen LogP contribution is -2.38. The minimum atomic E-state index is -0.100. The molecular weight excluding hydrogens is 306 g/mol. The van der Waals surface area contributed by atoms with Crippen molar-refractivity contribution in [3.05, 3.63) is 69.6 Å². The number of amides is 1. The van der Waals surface area contributed by atoms with Crippen molar-refractivity contribution in [2.45, 2.75) is 31.1 Å². The van der Waals surface area contributed by atoms with E-state index >= 15 is 0 Å². The van der Waals surface area contributed by atoms with E-state index in [0.29, 0.717) is 12.8 Å². The Balaban J connectivity index is 1.73. The molecule has 2 atom stereocenters. The molecule has 2 heterocycles. The molecule has 2 aromatic rings. The highest BCUT2D eigenvalue weighted by Crippen LogP contribution is 2.43. The van der Waals surface area contributed by atoms with E-state index < -0.39 is 0 Å². The normalized spacial score (nSPS) is 24.3. The summed E-state index contributed by atoms with van der Waals surface area (Å²) in [5, 5.41) is 5.00. The molecule has 0 bridgehead atoms. The van der Waals surface area contributed by atoms with E-state index in [1.54, 1.807) is 11.3 Å². The molecule has 0 unspecified atom stereocenters. The summed E-state index contributed by atoms with van der Waals surface area (Å²) in [7, 11) is 0. The van der Waals surface area contributed by atoms with Gasteiger partial charge < -0.3 is 5.32 Å². The Morgan fingerprint density at radius 3 is 2.52 bits per heavy atom. The van der Waals surface area contributed by atoms with E-state index in [1.165, 1.54) is 4.88 Å². The van der Waals surface area contributed by atoms with Crippen molar-refractivity contribution >= 4 is 23.0 Å². The van der Waals surface area contributed by atoms with Crippen molar-refractivity contribution in [1.29, 1.82) is 0 Å². The monoisotopic (exact) mass is 323 g/mol. The van der Waals surface area contributed by atoms with Gasteiger partial charge in [-0.3, -0.25) is 9.59 Å². The molecule has 0 radical (unpaired) electrons. The van der Waals surface area contributed by atoms with Gasteiger partial charge in [0.1, 0.15) is 0 Å². The first-order valence-corrected chi connectivity index (χ1v) is 8.75. The molecule has 4 heteroatoms. The molecule has 116 valence electrons. The SMILES string of the molecule is O=C1C[C@@H](c2ccccc2)C2=C(C[C@@H](c3cccs3)CC2=O)N1. The quantitative estimate of drug-likeness (QED) is 0.915.